The molecule has 0 aromatic heterocycles. The van der Waals surface area contributed by atoms with Gasteiger partial charge in [0.15, 0.2) is 0 Å². The first kappa shape index (κ1) is 17.4. The lowest BCUT2D eigenvalue weighted by Gasteiger charge is -2.26. The second kappa shape index (κ2) is 7.21. The Kier molecular flexibility index (Phi) is 5.22. The summed E-state index contributed by atoms with van der Waals surface area (Å²) in [5, 5.41) is 2.96. The molecule has 1 aromatic carbocycles. The van der Waals surface area contributed by atoms with Crippen molar-refractivity contribution < 1.29 is 13.2 Å². The number of carbonyl (C=O) groups excluding carboxylic acids is 1. The maximum atomic E-state index is 12.8. The summed E-state index contributed by atoms with van der Waals surface area (Å²) < 4.78 is 27.1. The summed E-state index contributed by atoms with van der Waals surface area (Å²) in [5.74, 6) is -0.125. The second-order valence-electron chi connectivity index (χ2n) is 6.69. The molecule has 1 amide bonds. The van der Waals surface area contributed by atoms with Gasteiger partial charge in [0.05, 0.1) is 4.90 Å². The number of nitrogens with zero attached hydrogens (tertiary/aromatic N) is 2. The molecule has 1 aliphatic heterocycles. The van der Waals surface area contributed by atoms with Gasteiger partial charge in [0, 0.05) is 31.2 Å². The fraction of sp³-hybridized carbons (Fsp3) is 0.588. The van der Waals surface area contributed by atoms with Gasteiger partial charge >= 0.3 is 0 Å². The third-order valence-electron chi connectivity index (χ3n) is 4.87. The molecular weight excluding hydrogens is 326 g/mol. The summed E-state index contributed by atoms with van der Waals surface area (Å²) in [5.41, 5.74) is 0.511. The van der Waals surface area contributed by atoms with Gasteiger partial charge in [0.2, 0.25) is 10.0 Å². The summed E-state index contributed by atoms with van der Waals surface area (Å²) >= 11 is 0. The highest BCUT2D eigenvalue weighted by atomic mass is 32.2. The van der Waals surface area contributed by atoms with Crippen LogP contribution in [0.4, 0.5) is 0 Å². The van der Waals surface area contributed by atoms with E-state index in [2.05, 4.69) is 10.2 Å². The monoisotopic (exact) mass is 351 g/mol. The molecule has 6 nitrogen and oxygen atoms in total. The van der Waals surface area contributed by atoms with Crippen molar-refractivity contribution in [1.29, 1.82) is 0 Å². The standard InChI is InChI=1S/C17H25N3O3S/c1-19-10-3-11-20(13-12-19)24(22,23)16-8-6-14(7-9-16)17(21)18-15-4-2-5-15/h6-9,15H,2-5,10-13H2,1H3,(H,18,21). The quantitative estimate of drug-likeness (QED) is 0.888. The Balaban J connectivity index is 1.70. The zero-order chi connectivity index (χ0) is 17.2. The van der Waals surface area contributed by atoms with Gasteiger partial charge in [-0.25, -0.2) is 8.42 Å². The van der Waals surface area contributed by atoms with Crippen LogP contribution in [0, 0.1) is 0 Å². The Morgan fingerprint density at radius 1 is 1.04 bits per heavy atom. The van der Waals surface area contributed by atoms with Crippen LogP contribution in [-0.4, -0.2) is 62.8 Å². The highest BCUT2D eigenvalue weighted by Crippen LogP contribution is 2.20. The SMILES string of the molecule is CN1CCCN(S(=O)(=O)c2ccc(C(=O)NC3CCC3)cc2)CC1. The fourth-order valence-corrected chi connectivity index (χ4v) is 4.48. The highest BCUT2D eigenvalue weighted by Gasteiger charge is 2.26. The van der Waals surface area contributed by atoms with Crippen molar-refractivity contribution >= 4 is 15.9 Å². The van der Waals surface area contributed by atoms with Crippen LogP contribution in [0.15, 0.2) is 29.2 Å². The lowest BCUT2D eigenvalue weighted by atomic mass is 9.93. The maximum absolute atomic E-state index is 12.8. The zero-order valence-electron chi connectivity index (χ0n) is 14.1. The van der Waals surface area contributed by atoms with Crippen LogP contribution in [0.2, 0.25) is 0 Å². The minimum Gasteiger partial charge on any atom is -0.349 e. The molecule has 1 heterocycles. The average Bonchev–Trinajstić information content (AvgIpc) is 2.76. The fourth-order valence-electron chi connectivity index (χ4n) is 3.01. The van der Waals surface area contributed by atoms with Gasteiger partial charge < -0.3 is 10.2 Å². The highest BCUT2D eigenvalue weighted by molar-refractivity contribution is 7.89. The molecule has 1 aliphatic carbocycles. The average molecular weight is 351 g/mol. The van der Waals surface area contributed by atoms with Gasteiger partial charge in [-0.15, -0.1) is 0 Å². The van der Waals surface area contributed by atoms with Gasteiger partial charge in [-0.05, 0) is 63.5 Å². The van der Waals surface area contributed by atoms with E-state index in [1.807, 2.05) is 7.05 Å². The first-order chi connectivity index (χ1) is 11.5. The summed E-state index contributed by atoms with van der Waals surface area (Å²) in [4.78, 5) is 14.5. The van der Waals surface area contributed by atoms with Crippen molar-refractivity contribution in [2.45, 2.75) is 36.6 Å². The molecule has 0 atom stereocenters. The van der Waals surface area contributed by atoms with Gasteiger partial charge in [0.25, 0.3) is 5.91 Å². The van der Waals surface area contributed by atoms with Crippen LogP contribution in [-0.2, 0) is 10.0 Å². The van der Waals surface area contributed by atoms with Crippen LogP contribution >= 0.6 is 0 Å². The largest absolute Gasteiger partial charge is 0.349 e. The number of carbonyl (C=O) groups is 1. The van der Waals surface area contributed by atoms with E-state index in [1.54, 1.807) is 28.6 Å². The van der Waals surface area contributed by atoms with Crippen LogP contribution in [0.5, 0.6) is 0 Å². The molecule has 2 aliphatic rings. The van der Waals surface area contributed by atoms with E-state index in [4.69, 9.17) is 0 Å². The number of benzene rings is 1. The van der Waals surface area contributed by atoms with Gasteiger partial charge in [-0.1, -0.05) is 0 Å². The number of nitrogens with one attached hydrogen (secondary N) is 1. The van der Waals surface area contributed by atoms with E-state index in [0.717, 1.165) is 38.8 Å². The number of hydrogen-bond acceptors (Lipinski definition) is 4. The van der Waals surface area contributed by atoms with Crippen LogP contribution < -0.4 is 5.32 Å². The third-order valence-corrected chi connectivity index (χ3v) is 6.79. The molecular formula is C17H25N3O3S. The van der Waals surface area contributed by atoms with E-state index in [0.29, 0.717) is 18.7 Å². The van der Waals surface area contributed by atoms with Gasteiger partial charge in [-0.2, -0.15) is 4.31 Å². The summed E-state index contributed by atoms with van der Waals surface area (Å²) in [6.45, 7) is 2.69. The van der Waals surface area contributed by atoms with Crippen LogP contribution in [0.3, 0.4) is 0 Å². The molecule has 0 spiro atoms. The predicted molar refractivity (Wildman–Crippen MR) is 92.4 cm³/mol. The predicted octanol–water partition coefficient (Wildman–Crippen LogP) is 1.30. The molecule has 0 unspecified atom stereocenters. The number of amides is 1. The van der Waals surface area contributed by atoms with Crippen molar-refractivity contribution in [3.05, 3.63) is 29.8 Å². The molecule has 1 aromatic rings. The summed E-state index contributed by atoms with van der Waals surface area (Å²) in [7, 11) is -1.49. The molecule has 7 heteroatoms. The van der Waals surface area contributed by atoms with Crippen molar-refractivity contribution in [3.8, 4) is 0 Å². The lowest BCUT2D eigenvalue weighted by molar-refractivity contribution is 0.0917. The molecule has 1 N–H and O–H groups in total. The van der Waals surface area contributed by atoms with Crippen molar-refractivity contribution in [3.63, 3.8) is 0 Å². The number of likely N-dealkylation sites (N-methyl/N-ethyl adjacent to an activating group) is 1. The van der Waals surface area contributed by atoms with E-state index in [9.17, 15) is 13.2 Å². The van der Waals surface area contributed by atoms with E-state index >= 15 is 0 Å². The minimum atomic E-state index is -3.49. The molecule has 2 fully saturated rings. The molecule has 24 heavy (non-hydrogen) atoms. The number of sulfonamides is 1. The third kappa shape index (κ3) is 3.79. The Morgan fingerprint density at radius 3 is 2.38 bits per heavy atom. The van der Waals surface area contributed by atoms with E-state index in [-0.39, 0.29) is 16.8 Å². The van der Waals surface area contributed by atoms with Crippen molar-refractivity contribution in [2.24, 2.45) is 0 Å². The Morgan fingerprint density at radius 2 is 1.75 bits per heavy atom. The lowest BCUT2D eigenvalue weighted by Crippen LogP contribution is -2.39. The van der Waals surface area contributed by atoms with Crippen molar-refractivity contribution in [1.82, 2.24) is 14.5 Å². The summed E-state index contributed by atoms with van der Waals surface area (Å²) in [6, 6.07) is 6.56. The van der Waals surface area contributed by atoms with Gasteiger partial charge in [-0.3, -0.25) is 4.79 Å². The normalized spacial score (nSPS) is 21.0. The van der Waals surface area contributed by atoms with Crippen molar-refractivity contribution in [2.75, 3.05) is 33.2 Å². The van der Waals surface area contributed by atoms with E-state index in [1.165, 1.54) is 0 Å². The van der Waals surface area contributed by atoms with Crippen LogP contribution in [0.1, 0.15) is 36.0 Å². The molecule has 0 radical (unpaired) electrons. The molecule has 1 saturated heterocycles. The Hall–Kier alpha value is -1.44. The molecule has 1 saturated carbocycles. The smallest absolute Gasteiger partial charge is 0.251 e. The second-order valence-corrected chi connectivity index (χ2v) is 8.62. The zero-order valence-corrected chi connectivity index (χ0v) is 14.9. The number of hydrogen-bond donors (Lipinski definition) is 1. The topological polar surface area (TPSA) is 69.7 Å². The minimum absolute atomic E-state index is 0.125. The van der Waals surface area contributed by atoms with E-state index < -0.39 is 10.0 Å². The molecule has 3 rings (SSSR count). The first-order valence-electron chi connectivity index (χ1n) is 8.56. The Bertz CT molecular complexity index is 684. The number of rotatable bonds is 4. The van der Waals surface area contributed by atoms with Gasteiger partial charge in [0.1, 0.15) is 0 Å². The molecule has 132 valence electrons. The molecule has 0 bridgehead atoms. The summed E-state index contributed by atoms with van der Waals surface area (Å²) in [6.07, 6.45) is 4.05. The first-order valence-corrected chi connectivity index (χ1v) is 10.0. The maximum Gasteiger partial charge on any atom is 0.251 e. The van der Waals surface area contributed by atoms with Crippen LogP contribution in [0.25, 0.3) is 0 Å². The Labute approximate surface area is 143 Å².